The first kappa shape index (κ1) is 21.2. The highest BCUT2D eigenvalue weighted by atomic mass is 35.5. The number of nitrogens with one attached hydrogen (secondary N) is 1. The van der Waals surface area contributed by atoms with Crippen molar-refractivity contribution >= 4 is 45.8 Å². The maximum atomic E-state index is 6.54. The van der Waals surface area contributed by atoms with E-state index in [9.17, 15) is 0 Å². The number of aromatic nitrogens is 4. The molecule has 0 aromatic carbocycles. The van der Waals surface area contributed by atoms with Crippen molar-refractivity contribution in [3.63, 3.8) is 0 Å². The van der Waals surface area contributed by atoms with E-state index in [2.05, 4.69) is 32.9 Å². The van der Waals surface area contributed by atoms with E-state index in [0.29, 0.717) is 49.9 Å². The number of nitrogens with zero attached hydrogens (tertiary/aromatic N) is 4. The normalized spacial score (nSPS) is 24.9. The molecule has 2 unspecified atom stereocenters. The van der Waals surface area contributed by atoms with Crippen LogP contribution in [0.2, 0.25) is 0 Å². The van der Waals surface area contributed by atoms with Crippen LogP contribution in [0.4, 0.5) is 5.82 Å². The van der Waals surface area contributed by atoms with Crippen molar-refractivity contribution in [2.45, 2.75) is 45.6 Å². The summed E-state index contributed by atoms with van der Waals surface area (Å²) in [6, 6.07) is 0.304. The van der Waals surface area contributed by atoms with Crippen LogP contribution in [0.3, 0.4) is 0 Å². The van der Waals surface area contributed by atoms with Crippen LogP contribution in [0.1, 0.15) is 45.2 Å². The van der Waals surface area contributed by atoms with Gasteiger partial charge in [-0.1, -0.05) is 36.0 Å². The first-order chi connectivity index (χ1) is 14.4. The van der Waals surface area contributed by atoms with Crippen molar-refractivity contribution in [2.24, 2.45) is 17.1 Å². The molecule has 30 heavy (non-hydrogen) atoms. The summed E-state index contributed by atoms with van der Waals surface area (Å²) in [4.78, 5) is 11.7. The Kier molecular flexibility index (Phi) is 5.80. The second-order valence-electron chi connectivity index (χ2n) is 8.49. The molecule has 1 aliphatic carbocycles. The number of piperidine rings is 1. The lowest BCUT2D eigenvalue weighted by atomic mass is 9.73. The highest BCUT2D eigenvalue weighted by Gasteiger charge is 2.46. The summed E-state index contributed by atoms with van der Waals surface area (Å²) in [5.41, 5.74) is 9.40. The van der Waals surface area contributed by atoms with Crippen LogP contribution >= 0.6 is 23.2 Å². The smallest absolute Gasteiger partial charge is 0.176 e. The Hall–Kier alpha value is -2.07. The lowest BCUT2D eigenvalue weighted by Gasteiger charge is -2.43. The molecule has 1 saturated carbocycles. The van der Waals surface area contributed by atoms with E-state index in [1.54, 1.807) is 6.20 Å². The van der Waals surface area contributed by atoms with Crippen LogP contribution in [0.25, 0.3) is 16.7 Å². The fourth-order valence-corrected chi connectivity index (χ4v) is 5.20. The van der Waals surface area contributed by atoms with Gasteiger partial charge in [-0.25, -0.2) is 9.97 Å². The van der Waals surface area contributed by atoms with Gasteiger partial charge in [-0.05, 0) is 49.5 Å². The third-order valence-electron chi connectivity index (χ3n) is 6.86. The van der Waals surface area contributed by atoms with Gasteiger partial charge in [0.25, 0.3) is 0 Å². The van der Waals surface area contributed by atoms with Gasteiger partial charge in [0.15, 0.2) is 5.65 Å². The Bertz CT molecular complexity index is 1060. The number of hydrogen-bond acceptors (Lipinski definition) is 5. The number of fused-ring (bicyclic) bond motifs is 1. The van der Waals surface area contributed by atoms with Gasteiger partial charge in [0.05, 0.1) is 16.3 Å². The molecule has 2 aromatic heterocycles. The van der Waals surface area contributed by atoms with E-state index in [1.165, 1.54) is 18.9 Å². The number of halogens is 2. The molecular weight excluding hydrogens is 419 g/mol. The van der Waals surface area contributed by atoms with Crippen molar-refractivity contribution in [2.75, 3.05) is 18.0 Å². The molecule has 2 aliphatic rings. The fraction of sp³-hybridized carbons (Fsp3) is 0.500. The molecule has 2 aromatic rings. The predicted molar refractivity (Wildman–Crippen MR) is 123 cm³/mol. The van der Waals surface area contributed by atoms with Crippen LogP contribution < -0.4 is 10.6 Å². The van der Waals surface area contributed by atoms with E-state index < -0.39 is 0 Å². The Balaban J connectivity index is 1.56. The molecular formula is C22H26Cl2N6. The average Bonchev–Trinajstić information content (AvgIpc) is 3.30. The lowest BCUT2D eigenvalue weighted by Crippen LogP contribution is -2.48. The summed E-state index contributed by atoms with van der Waals surface area (Å²) in [6.45, 7) is 5.99. The standard InChI is InChI=1S/C22H26Cl2N6/c1-4-5-15(23)17(24)14(3)18-19-21(29-28-18)27-16(12-26-19)30-10-8-22(9-11-30)7-6-13(2)20(22)25/h1,5,12-13,20H,6-11,25H2,2-3H3,(H,27,28,29)/b15-5+,17-14-. The molecule has 3 N–H and O–H groups in total. The van der Waals surface area contributed by atoms with Crippen LogP contribution in [0, 0.1) is 23.7 Å². The quantitative estimate of drug-likeness (QED) is 0.540. The zero-order valence-corrected chi connectivity index (χ0v) is 18.8. The third kappa shape index (κ3) is 3.60. The molecule has 1 saturated heterocycles. The molecule has 3 heterocycles. The van der Waals surface area contributed by atoms with Gasteiger partial charge in [0, 0.05) is 25.2 Å². The SMILES string of the molecule is C#C/C=C(Cl)\C(Cl)=C(/C)c1n[nH]c2nc(N3CCC4(CCC(C)C4N)CC3)cnc12. The zero-order chi connectivity index (χ0) is 21.5. The summed E-state index contributed by atoms with van der Waals surface area (Å²) in [5.74, 6) is 3.84. The van der Waals surface area contributed by atoms with Gasteiger partial charge in [0.1, 0.15) is 17.0 Å². The van der Waals surface area contributed by atoms with Crippen molar-refractivity contribution in [1.29, 1.82) is 0 Å². The van der Waals surface area contributed by atoms with Gasteiger partial charge < -0.3 is 10.6 Å². The summed E-state index contributed by atoms with van der Waals surface area (Å²) in [6.07, 6.45) is 13.2. The van der Waals surface area contributed by atoms with Crippen LogP contribution in [-0.2, 0) is 0 Å². The highest BCUT2D eigenvalue weighted by Crippen LogP contribution is 2.48. The molecule has 158 valence electrons. The maximum Gasteiger partial charge on any atom is 0.176 e. The number of hydrogen-bond donors (Lipinski definition) is 2. The number of H-pyrrole nitrogens is 1. The van der Waals surface area contributed by atoms with E-state index in [1.807, 2.05) is 6.92 Å². The van der Waals surface area contributed by atoms with Crippen LogP contribution in [-0.4, -0.2) is 39.3 Å². The Morgan fingerprint density at radius 1 is 1.37 bits per heavy atom. The summed E-state index contributed by atoms with van der Waals surface area (Å²) < 4.78 is 0. The average molecular weight is 445 g/mol. The highest BCUT2D eigenvalue weighted by molar-refractivity contribution is 6.46. The molecule has 1 aliphatic heterocycles. The molecule has 6 nitrogen and oxygen atoms in total. The van der Waals surface area contributed by atoms with Crippen molar-refractivity contribution in [3.05, 3.63) is 28.0 Å². The number of anilines is 1. The third-order valence-corrected chi connectivity index (χ3v) is 7.74. The first-order valence-corrected chi connectivity index (χ1v) is 11.0. The van der Waals surface area contributed by atoms with Crippen molar-refractivity contribution in [3.8, 4) is 12.3 Å². The topological polar surface area (TPSA) is 83.7 Å². The minimum Gasteiger partial charge on any atom is -0.355 e. The van der Waals surface area contributed by atoms with Gasteiger partial charge in [0.2, 0.25) is 0 Å². The van der Waals surface area contributed by atoms with Crippen LogP contribution in [0.15, 0.2) is 22.3 Å². The Morgan fingerprint density at radius 2 is 2.10 bits per heavy atom. The van der Waals surface area contributed by atoms with E-state index in [0.717, 1.165) is 31.7 Å². The van der Waals surface area contributed by atoms with Gasteiger partial charge in [-0.3, -0.25) is 5.10 Å². The molecule has 0 radical (unpaired) electrons. The summed E-state index contributed by atoms with van der Waals surface area (Å²) >= 11 is 12.5. The summed E-state index contributed by atoms with van der Waals surface area (Å²) in [7, 11) is 0. The second kappa shape index (κ2) is 8.22. The predicted octanol–water partition coefficient (Wildman–Crippen LogP) is 4.42. The van der Waals surface area contributed by atoms with E-state index in [-0.39, 0.29) is 0 Å². The van der Waals surface area contributed by atoms with Crippen molar-refractivity contribution in [1.82, 2.24) is 20.2 Å². The lowest BCUT2D eigenvalue weighted by molar-refractivity contribution is 0.186. The van der Waals surface area contributed by atoms with Gasteiger partial charge in [-0.2, -0.15) is 5.10 Å². The van der Waals surface area contributed by atoms with Crippen molar-refractivity contribution < 1.29 is 0 Å². The molecule has 0 amide bonds. The number of rotatable bonds is 3. The van der Waals surface area contributed by atoms with Gasteiger partial charge in [-0.15, -0.1) is 6.42 Å². The zero-order valence-electron chi connectivity index (χ0n) is 17.3. The minimum atomic E-state index is 0.290. The van der Waals surface area contributed by atoms with Gasteiger partial charge >= 0.3 is 0 Å². The monoisotopic (exact) mass is 444 g/mol. The maximum absolute atomic E-state index is 6.54. The fourth-order valence-electron chi connectivity index (χ4n) is 4.86. The number of terminal acetylenes is 1. The molecule has 8 heteroatoms. The summed E-state index contributed by atoms with van der Waals surface area (Å²) in [5, 5.41) is 7.96. The molecule has 4 rings (SSSR count). The van der Waals surface area contributed by atoms with E-state index in [4.69, 9.17) is 40.3 Å². The molecule has 1 spiro atoms. The minimum absolute atomic E-state index is 0.290. The Morgan fingerprint density at radius 3 is 2.73 bits per heavy atom. The first-order valence-electron chi connectivity index (χ1n) is 10.3. The largest absolute Gasteiger partial charge is 0.355 e. The Labute approximate surface area is 186 Å². The van der Waals surface area contributed by atoms with Crippen LogP contribution in [0.5, 0.6) is 0 Å². The molecule has 2 fully saturated rings. The number of nitrogens with two attached hydrogens (primary N) is 1. The molecule has 0 bridgehead atoms. The number of aromatic amines is 1. The molecule has 2 atom stereocenters. The second-order valence-corrected chi connectivity index (χ2v) is 9.27. The number of allylic oxidation sites excluding steroid dienone is 4. The van der Waals surface area contributed by atoms with E-state index >= 15 is 0 Å².